The fourth-order valence-corrected chi connectivity index (χ4v) is 1.34. The molecule has 0 bridgehead atoms. The highest BCUT2D eigenvalue weighted by Gasteiger charge is 2.12. The number of amides is 2. The van der Waals surface area contributed by atoms with Gasteiger partial charge in [-0.3, -0.25) is 4.79 Å². The maximum atomic E-state index is 11.5. The number of carbonyl (C=O) groups is 2. The summed E-state index contributed by atoms with van der Waals surface area (Å²) < 4.78 is 4.68. The summed E-state index contributed by atoms with van der Waals surface area (Å²) in [5.41, 5.74) is 0. The molecule has 0 aliphatic rings. The number of ether oxygens (including phenoxy) is 1. The molecule has 5 nitrogen and oxygen atoms in total. The molecule has 0 aromatic carbocycles. The minimum atomic E-state index is -0.445. The first kappa shape index (κ1) is 14.7. The van der Waals surface area contributed by atoms with E-state index in [1.165, 1.54) is 0 Å². The van der Waals surface area contributed by atoms with Crippen LogP contribution in [0.25, 0.3) is 0 Å². The molecule has 0 saturated carbocycles. The fourth-order valence-electron chi connectivity index (χ4n) is 1.34. The van der Waals surface area contributed by atoms with Crippen molar-refractivity contribution >= 4 is 12.0 Å². The van der Waals surface area contributed by atoms with Gasteiger partial charge in [-0.25, -0.2) is 4.79 Å². The minimum Gasteiger partial charge on any atom is -0.450 e. The third kappa shape index (κ3) is 6.27. The van der Waals surface area contributed by atoms with Crippen LogP contribution in [0.5, 0.6) is 0 Å². The topological polar surface area (TPSA) is 67.4 Å². The molecular weight excluding hydrogens is 208 g/mol. The van der Waals surface area contributed by atoms with Crippen LogP contribution in [0.4, 0.5) is 4.79 Å². The molecule has 0 aliphatic heterocycles. The lowest BCUT2D eigenvalue weighted by Gasteiger charge is -2.12. The Labute approximate surface area is 96.9 Å². The molecule has 0 aromatic rings. The number of alkyl carbamates (subject to hydrolysis) is 1. The highest BCUT2D eigenvalue weighted by atomic mass is 16.5. The molecule has 0 atom stereocenters. The first-order valence-electron chi connectivity index (χ1n) is 5.83. The predicted molar refractivity (Wildman–Crippen MR) is 62.1 cm³/mol. The van der Waals surface area contributed by atoms with Gasteiger partial charge in [-0.1, -0.05) is 13.8 Å². The van der Waals surface area contributed by atoms with Crippen LogP contribution < -0.4 is 10.6 Å². The summed E-state index contributed by atoms with van der Waals surface area (Å²) >= 11 is 0. The third-order valence-electron chi connectivity index (χ3n) is 2.33. The number of carbonyl (C=O) groups excluding carboxylic acids is 2. The Balaban J connectivity index is 3.58. The normalized spacial score (nSPS) is 10.0. The lowest BCUT2D eigenvalue weighted by molar-refractivity contribution is -0.125. The van der Waals surface area contributed by atoms with E-state index in [1.54, 1.807) is 6.92 Å². The molecule has 0 saturated heterocycles. The van der Waals surface area contributed by atoms with Gasteiger partial charge in [0.2, 0.25) is 5.91 Å². The first-order valence-corrected chi connectivity index (χ1v) is 5.83. The summed E-state index contributed by atoms with van der Waals surface area (Å²) in [5.74, 6) is 0.123. The van der Waals surface area contributed by atoms with Crippen LogP contribution >= 0.6 is 0 Å². The van der Waals surface area contributed by atoms with Gasteiger partial charge in [0.15, 0.2) is 0 Å². The van der Waals surface area contributed by atoms with Crippen LogP contribution in [-0.4, -0.2) is 31.7 Å². The third-order valence-corrected chi connectivity index (χ3v) is 2.33. The molecule has 2 N–H and O–H groups in total. The Kier molecular flexibility index (Phi) is 8.29. The van der Waals surface area contributed by atoms with E-state index in [4.69, 9.17) is 0 Å². The van der Waals surface area contributed by atoms with Gasteiger partial charge in [-0.15, -0.1) is 0 Å². The van der Waals surface area contributed by atoms with Crippen LogP contribution in [0.15, 0.2) is 0 Å². The zero-order valence-electron chi connectivity index (χ0n) is 10.3. The van der Waals surface area contributed by atoms with E-state index in [9.17, 15) is 9.59 Å². The average molecular weight is 230 g/mol. The zero-order valence-corrected chi connectivity index (χ0v) is 10.3. The Hall–Kier alpha value is -1.26. The van der Waals surface area contributed by atoms with Crippen molar-refractivity contribution in [2.45, 2.75) is 33.6 Å². The number of rotatable bonds is 7. The SMILES string of the molecule is CCOC(=O)NCCNC(=O)C(CC)CC. The standard InChI is InChI=1S/C11H22N2O3/c1-4-9(5-2)10(14)12-7-8-13-11(15)16-6-3/h9H,4-8H2,1-3H3,(H,12,14)(H,13,15). The second-order valence-corrected chi connectivity index (χ2v) is 3.45. The molecule has 0 aliphatic carbocycles. The molecule has 0 fully saturated rings. The molecule has 0 aromatic heterocycles. The number of hydrogen-bond donors (Lipinski definition) is 2. The van der Waals surface area contributed by atoms with Crippen molar-refractivity contribution in [2.75, 3.05) is 19.7 Å². The smallest absolute Gasteiger partial charge is 0.407 e. The van der Waals surface area contributed by atoms with Gasteiger partial charge in [0.1, 0.15) is 0 Å². The first-order chi connectivity index (χ1) is 7.65. The fraction of sp³-hybridized carbons (Fsp3) is 0.818. The van der Waals surface area contributed by atoms with E-state index in [0.29, 0.717) is 19.7 Å². The Morgan fingerprint density at radius 1 is 1.06 bits per heavy atom. The quantitative estimate of drug-likeness (QED) is 0.647. The largest absolute Gasteiger partial charge is 0.450 e. The van der Waals surface area contributed by atoms with E-state index in [-0.39, 0.29) is 11.8 Å². The van der Waals surface area contributed by atoms with Crippen molar-refractivity contribution < 1.29 is 14.3 Å². The van der Waals surface area contributed by atoms with Gasteiger partial charge < -0.3 is 15.4 Å². The summed E-state index contributed by atoms with van der Waals surface area (Å²) in [4.78, 5) is 22.4. The summed E-state index contributed by atoms with van der Waals surface area (Å²) in [6.07, 6.45) is 1.24. The molecule has 0 heterocycles. The monoisotopic (exact) mass is 230 g/mol. The predicted octanol–water partition coefficient (Wildman–Crippen LogP) is 1.28. The van der Waals surface area contributed by atoms with Crippen LogP contribution in [0.1, 0.15) is 33.6 Å². The highest BCUT2D eigenvalue weighted by Crippen LogP contribution is 2.06. The Bertz CT molecular complexity index is 215. The van der Waals surface area contributed by atoms with Crippen molar-refractivity contribution in [2.24, 2.45) is 5.92 Å². The van der Waals surface area contributed by atoms with E-state index >= 15 is 0 Å². The maximum Gasteiger partial charge on any atom is 0.407 e. The van der Waals surface area contributed by atoms with E-state index in [1.807, 2.05) is 13.8 Å². The Morgan fingerprint density at radius 3 is 2.12 bits per heavy atom. The molecule has 0 radical (unpaired) electrons. The average Bonchev–Trinajstić information content (AvgIpc) is 2.26. The highest BCUT2D eigenvalue weighted by molar-refractivity contribution is 5.78. The number of hydrogen-bond acceptors (Lipinski definition) is 3. The van der Waals surface area contributed by atoms with Gasteiger partial charge in [-0.05, 0) is 19.8 Å². The van der Waals surface area contributed by atoms with Crippen molar-refractivity contribution in [3.05, 3.63) is 0 Å². The Morgan fingerprint density at radius 2 is 1.62 bits per heavy atom. The van der Waals surface area contributed by atoms with Crippen molar-refractivity contribution in [3.63, 3.8) is 0 Å². The van der Waals surface area contributed by atoms with Crippen LogP contribution in [0.2, 0.25) is 0 Å². The van der Waals surface area contributed by atoms with E-state index in [2.05, 4.69) is 15.4 Å². The molecule has 5 heteroatoms. The lowest BCUT2D eigenvalue weighted by atomic mass is 10.0. The van der Waals surface area contributed by atoms with Gasteiger partial charge in [0.25, 0.3) is 0 Å². The molecule has 94 valence electrons. The number of nitrogens with one attached hydrogen (secondary N) is 2. The van der Waals surface area contributed by atoms with E-state index in [0.717, 1.165) is 12.8 Å². The van der Waals surface area contributed by atoms with Crippen LogP contribution in [-0.2, 0) is 9.53 Å². The van der Waals surface area contributed by atoms with Gasteiger partial charge in [0.05, 0.1) is 6.61 Å². The minimum absolute atomic E-state index is 0.0515. The van der Waals surface area contributed by atoms with Crippen molar-refractivity contribution in [3.8, 4) is 0 Å². The molecular formula is C11H22N2O3. The van der Waals surface area contributed by atoms with Crippen LogP contribution in [0.3, 0.4) is 0 Å². The van der Waals surface area contributed by atoms with E-state index < -0.39 is 6.09 Å². The molecule has 0 spiro atoms. The van der Waals surface area contributed by atoms with Crippen molar-refractivity contribution in [1.82, 2.24) is 10.6 Å². The summed E-state index contributed by atoms with van der Waals surface area (Å²) in [6.45, 7) is 6.91. The maximum absolute atomic E-state index is 11.5. The zero-order chi connectivity index (χ0) is 12.4. The molecule has 0 unspecified atom stereocenters. The van der Waals surface area contributed by atoms with Gasteiger partial charge in [0, 0.05) is 19.0 Å². The lowest BCUT2D eigenvalue weighted by Crippen LogP contribution is -2.37. The molecule has 2 amide bonds. The van der Waals surface area contributed by atoms with Gasteiger partial charge in [-0.2, -0.15) is 0 Å². The van der Waals surface area contributed by atoms with Crippen molar-refractivity contribution in [1.29, 1.82) is 0 Å². The van der Waals surface area contributed by atoms with Gasteiger partial charge >= 0.3 is 6.09 Å². The second kappa shape index (κ2) is 9.00. The van der Waals surface area contributed by atoms with Crippen LogP contribution in [0, 0.1) is 5.92 Å². The summed E-state index contributed by atoms with van der Waals surface area (Å²) in [7, 11) is 0. The molecule has 16 heavy (non-hydrogen) atoms. The molecule has 0 rings (SSSR count). The summed E-state index contributed by atoms with van der Waals surface area (Å²) in [6, 6.07) is 0. The second-order valence-electron chi connectivity index (χ2n) is 3.45. The summed E-state index contributed by atoms with van der Waals surface area (Å²) in [5, 5.41) is 5.31.